The zero-order valence-electron chi connectivity index (χ0n) is 13.2. The second-order valence-corrected chi connectivity index (χ2v) is 7.94. The molecule has 0 unspecified atom stereocenters. The molecule has 0 radical (unpaired) electrons. The van der Waals surface area contributed by atoms with Gasteiger partial charge in [-0.3, -0.25) is 4.79 Å². The van der Waals surface area contributed by atoms with Crippen LogP contribution in [0.25, 0.3) is 0 Å². The third kappa shape index (κ3) is 5.61. The van der Waals surface area contributed by atoms with Crippen molar-refractivity contribution in [3.05, 3.63) is 35.9 Å². The fraction of sp³-hybridized carbons (Fsp3) is 0.500. The lowest BCUT2D eigenvalue weighted by Crippen LogP contribution is -2.36. The van der Waals surface area contributed by atoms with Gasteiger partial charge in [0.25, 0.3) is 0 Å². The predicted molar refractivity (Wildman–Crippen MR) is 87.1 cm³/mol. The molecule has 1 heterocycles. The Balaban J connectivity index is 1.69. The van der Waals surface area contributed by atoms with E-state index >= 15 is 0 Å². The van der Waals surface area contributed by atoms with Gasteiger partial charge in [-0.05, 0) is 24.8 Å². The van der Waals surface area contributed by atoms with Gasteiger partial charge in [-0.2, -0.15) is 0 Å². The lowest BCUT2D eigenvalue weighted by Gasteiger charge is -2.11. The van der Waals surface area contributed by atoms with Crippen LogP contribution >= 0.6 is 0 Å². The molecule has 132 valence electrons. The van der Waals surface area contributed by atoms with Crippen molar-refractivity contribution in [2.24, 2.45) is 0 Å². The Morgan fingerprint density at radius 3 is 2.46 bits per heavy atom. The van der Waals surface area contributed by atoms with E-state index in [0.717, 1.165) is 5.56 Å². The van der Waals surface area contributed by atoms with Crippen molar-refractivity contribution in [1.29, 1.82) is 0 Å². The van der Waals surface area contributed by atoms with Gasteiger partial charge >= 0.3 is 5.97 Å². The molecule has 2 atom stereocenters. The molecular weight excluding hydrogens is 334 g/mol. The maximum absolute atomic E-state index is 12.0. The molecule has 8 heteroatoms. The number of aliphatic carboxylic acids is 1. The van der Waals surface area contributed by atoms with E-state index in [1.54, 1.807) is 24.3 Å². The molecule has 0 saturated carbocycles. The van der Waals surface area contributed by atoms with Crippen LogP contribution in [0.1, 0.15) is 24.8 Å². The van der Waals surface area contributed by atoms with Gasteiger partial charge in [-0.25, -0.2) is 13.2 Å². The summed E-state index contributed by atoms with van der Waals surface area (Å²) >= 11 is 0. The van der Waals surface area contributed by atoms with Gasteiger partial charge in [-0.15, -0.1) is 0 Å². The summed E-state index contributed by atoms with van der Waals surface area (Å²) in [6.07, 6.45) is -0.747. The highest BCUT2D eigenvalue weighted by atomic mass is 32.2. The molecule has 0 spiro atoms. The monoisotopic (exact) mass is 355 g/mol. The van der Waals surface area contributed by atoms with E-state index in [-0.39, 0.29) is 24.0 Å². The van der Waals surface area contributed by atoms with Crippen molar-refractivity contribution in [2.75, 3.05) is 12.3 Å². The average Bonchev–Trinajstić information content (AvgIpc) is 3.02. The number of carboxylic acid groups (broad SMARTS) is 1. The smallest absolute Gasteiger partial charge is 0.332 e. The molecule has 1 aliphatic heterocycles. The molecule has 1 aromatic carbocycles. The third-order valence-electron chi connectivity index (χ3n) is 3.75. The van der Waals surface area contributed by atoms with E-state index in [0.29, 0.717) is 19.3 Å². The second kappa shape index (κ2) is 8.25. The highest BCUT2D eigenvalue weighted by Gasteiger charge is 2.34. The molecule has 1 amide bonds. The minimum atomic E-state index is -3.23. The van der Waals surface area contributed by atoms with Crippen LogP contribution in [0.4, 0.5) is 0 Å². The molecule has 1 aromatic rings. The molecule has 2 N–H and O–H groups in total. The molecule has 0 aromatic heterocycles. The van der Waals surface area contributed by atoms with Crippen molar-refractivity contribution in [3.8, 4) is 0 Å². The number of amides is 1. The van der Waals surface area contributed by atoms with Crippen LogP contribution in [0, 0.1) is 0 Å². The van der Waals surface area contributed by atoms with Crippen LogP contribution in [-0.2, 0) is 29.9 Å². The summed E-state index contributed by atoms with van der Waals surface area (Å²) in [5.74, 6) is -1.50. The summed E-state index contributed by atoms with van der Waals surface area (Å²) in [6.45, 7) is 0.213. The number of hydrogen-bond donors (Lipinski definition) is 2. The van der Waals surface area contributed by atoms with Crippen LogP contribution in [0.15, 0.2) is 30.3 Å². The maximum atomic E-state index is 12.0. The zero-order valence-corrected chi connectivity index (χ0v) is 14.0. The van der Waals surface area contributed by atoms with Gasteiger partial charge in [-0.1, -0.05) is 30.3 Å². The maximum Gasteiger partial charge on any atom is 0.332 e. The quantitative estimate of drug-likeness (QED) is 0.666. The first-order chi connectivity index (χ1) is 11.4. The Hall–Kier alpha value is -1.93. The van der Waals surface area contributed by atoms with Crippen molar-refractivity contribution in [2.45, 2.75) is 37.2 Å². The summed E-state index contributed by atoms with van der Waals surface area (Å²) in [7, 11) is -3.23. The highest BCUT2D eigenvalue weighted by Crippen LogP contribution is 2.19. The Labute approximate surface area is 140 Å². The summed E-state index contributed by atoms with van der Waals surface area (Å²) < 4.78 is 29.2. The first-order valence-corrected chi connectivity index (χ1v) is 9.60. The first kappa shape index (κ1) is 18.4. The van der Waals surface area contributed by atoms with Crippen LogP contribution in [-0.4, -0.2) is 49.9 Å². The Morgan fingerprint density at radius 2 is 1.83 bits per heavy atom. The van der Waals surface area contributed by atoms with Crippen LogP contribution < -0.4 is 5.32 Å². The number of ether oxygens (including phenoxy) is 1. The van der Waals surface area contributed by atoms with E-state index in [4.69, 9.17) is 9.84 Å². The molecule has 1 aliphatic rings. The number of nitrogens with one attached hydrogen (secondary N) is 1. The summed E-state index contributed by atoms with van der Waals surface area (Å²) in [5.41, 5.74) is 0.737. The summed E-state index contributed by atoms with van der Waals surface area (Å²) in [6, 6.07) is 8.92. The Kier molecular flexibility index (Phi) is 6.33. The number of hydrogen-bond acceptors (Lipinski definition) is 5. The van der Waals surface area contributed by atoms with Crippen molar-refractivity contribution in [3.63, 3.8) is 0 Å². The van der Waals surface area contributed by atoms with E-state index in [2.05, 4.69) is 5.32 Å². The van der Waals surface area contributed by atoms with Crippen molar-refractivity contribution >= 4 is 21.7 Å². The molecule has 7 nitrogen and oxygen atoms in total. The number of carbonyl (C=O) groups excluding carboxylic acids is 1. The fourth-order valence-corrected chi connectivity index (χ4v) is 3.96. The number of rotatable bonds is 8. The molecule has 1 fully saturated rings. The number of carbonyl (C=O) groups is 2. The SMILES string of the molecule is O=C(NCCCS(=O)(=O)Cc1ccccc1)[C@@H]1CC[C@H](C(=O)O)O1. The summed E-state index contributed by atoms with van der Waals surface area (Å²) in [5, 5.41) is 11.4. The Bertz CT molecular complexity index is 673. The number of benzene rings is 1. The highest BCUT2D eigenvalue weighted by molar-refractivity contribution is 7.90. The molecule has 24 heavy (non-hydrogen) atoms. The van der Waals surface area contributed by atoms with E-state index < -0.39 is 28.0 Å². The largest absolute Gasteiger partial charge is 0.479 e. The average molecular weight is 355 g/mol. The molecular formula is C16H21NO6S. The van der Waals surface area contributed by atoms with Gasteiger partial charge < -0.3 is 15.2 Å². The number of carboxylic acids is 1. The van der Waals surface area contributed by atoms with E-state index in [1.165, 1.54) is 0 Å². The topological polar surface area (TPSA) is 110 Å². The van der Waals surface area contributed by atoms with Crippen LogP contribution in [0.5, 0.6) is 0 Å². The zero-order chi connectivity index (χ0) is 17.6. The fourth-order valence-electron chi connectivity index (χ4n) is 2.53. The second-order valence-electron chi connectivity index (χ2n) is 5.75. The van der Waals surface area contributed by atoms with Gasteiger partial charge in [0.2, 0.25) is 5.91 Å². The normalized spacial score (nSPS) is 20.7. The van der Waals surface area contributed by atoms with Gasteiger partial charge in [0.1, 0.15) is 6.10 Å². The lowest BCUT2D eigenvalue weighted by atomic mass is 10.2. The van der Waals surface area contributed by atoms with E-state index in [9.17, 15) is 18.0 Å². The lowest BCUT2D eigenvalue weighted by molar-refractivity contribution is -0.151. The molecule has 1 saturated heterocycles. The van der Waals surface area contributed by atoms with Gasteiger partial charge in [0.15, 0.2) is 15.9 Å². The van der Waals surface area contributed by atoms with Crippen molar-refractivity contribution in [1.82, 2.24) is 5.32 Å². The van der Waals surface area contributed by atoms with Gasteiger partial charge in [0.05, 0.1) is 11.5 Å². The Morgan fingerprint density at radius 1 is 1.17 bits per heavy atom. The molecule has 0 aliphatic carbocycles. The minimum absolute atomic E-state index is 0.0200. The standard InChI is InChI=1S/C16H21NO6S/c18-15(13-7-8-14(23-13)16(19)20)17-9-4-10-24(21,22)11-12-5-2-1-3-6-12/h1-3,5-6,13-14H,4,7-11H2,(H,17,18)(H,19,20)/t13-,14+/m0/s1. The minimum Gasteiger partial charge on any atom is -0.479 e. The summed E-state index contributed by atoms with van der Waals surface area (Å²) in [4.78, 5) is 22.6. The van der Waals surface area contributed by atoms with Crippen molar-refractivity contribution < 1.29 is 27.9 Å². The predicted octanol–water partition coefficient (Wildman–Crippen LogP) is 0.740. The first-order valence-electron chi connectivity index (χ1n) is 7.78. The van der Waals surface area contributed by atoms with E-state index in [1.807, 2.05) is 6.07 Å². The van der Waals surface area contributed by atoms with Crippen LogP contribution in [0.3, 0.4) is 0 Å². The molecule has 0 bridgehead atoms. The van der Waals surface area contributed by atoms with Gasteiger partial charge in [0, 0.05) is 6.54 Å². The third-order valence-corrected chi connectivity index (χ3v) is 5.43. The number of sulfone groups is 1. The molecule has 2 rings (SSSR count). The van der Waals surface area contributed by atoms with Crippen LogP contribution in [0.2, 0.25) is 0 Å².